The van der Waals surface area contributed by atoms with Gasteiger partial charge in [-0.25, -0.2) is 0 Å². The van der Waals surface area contributed by atoms with Gasteiger partial charge >= 0.3 is 0 Å². The van der Waals surface area contributed by atoms with E-state index in [4.69, 9.17) is 0 Å². The van der Waals surface area contributed by atoms with E-state index in [0.717, 1.165) is 45.7 Å². The smallest absolute Gasteiger partial charge is 0.237 e. The van der Waals surface area contributed by atoms with Gasteiger partial charge in [-0.05, 0) is 23.4 Å². The number of fused-ring (bicyclic) bond motifs is 1. The lowest BCUT2D eigenvalue weighted by Crippen LogP contribution is -2.51. The number of carbonyl (C=O) groups is 2. The number of carbonyl (C=O) groups excluding carboxylic acids is 2. The maximum Gasteiger partial charge on any atom is 0.237 e. The Balaban J connectivity index is 1.50. The molecule has 1 aromatic heterocycles. The quantitative estimate of drug-likeness (QED) is 0.812. The molecule has 2 aliphatic heterocycles. The van der Waals surface area contributed by atoms with E-state index in [1.807, 2.05) is 9.80 Å². The fraction of sp³-hybridized carbons (Fsp3) is 0.600. The summed E-state index contributed by atoms with van der Waals surface area (Å²) in [6, 6.07) is 2.13. The van der Waals surface area contributed by atoms with Gasteiger partial charge in [0.1, 0.15) is 0 Å². The zero-order valence-corrected chi connectivity index (χ0v) is 13.2. The van der Waals surface area contributed by atoms with Crippen molar-refractivity contribution in [1.82, 2.24) is 14.7 Å². The molecule has 0 bridgehead atoms. The summed E-state index contributed by atoms with van der Waals surface area (Å²) in [5.74, 6) is 0.338. The molecular formula is C15H21N3O2S. The van der Waals surface area contributed by atoms with Crippen LogP contribution in [0, 0.1) is 0 Å². The van der Waals surface area contributed by atoms with Crippen LogP contribution in [0.1, 0.15) is 17.4 Å². The first kappa shape index (κ1) is 14.5. The van der Waals surface area contributed by atoms with Crippen LogP contribution in [-0.4, -0.2) is 65.8 Å². The molecule has 0 aliphatic carbocycles. The van der Waals surface area contributed by atoms with Crippen molar-refractivity contribution in [2.45, 2.75) is 19.9 Å². The monoisotopic (exact) mass is 307 g/mol. The van der Waals surface area contributed by atoms with Crippen molar-refractivity contribution in [2.24, 2.45) is 0 Å². The summed E-state index contributed by atoms with van der Waals surface area (Å²) in [5.41, 5.74) is 1.31. The number of piperazine rings is 1. The second-order valence-corrected chi connectivity index (χ2v) is 6.72. The van der Waals surface area contributed by atoms with Crippen LogP contribution < -0.4 is 0 Å². The average Bonchev–Trinajstić information content (AvgIpc) is 2.95. The van der Waals surface area contributed by atoms with Crippen LogP contribution >= 0.6 is 11.3 Å². The predicted molar refractivity (Wildman–Crippen MR) is 82.1 cm³/mol. The Morgan fingerprint density at radius 1 is 1.14 bits per heavy atom. The van der Waals surface area contributed by atoms with Gasteiger partial charge in [0.15, 0.2) is 0 Å². The van der Waals surface area contributed by atoms with Crippen molar-refractivity contribution in [3.8, 4) is 0 Å². The van der Waals surface area contributed by atoms with E-state index in [9.17, 15) is 9.59 Å². The molecule has 1 fully saturated rings. The molecule has 0 N–H and O–H groups in total. The maximum absolute atomic E-state index is 12.4. The average molecular weight is 307 g/mol. The summed E-state index contributed by atoms with van der Waals surface area (Å²) < 4.78 is 0. The van der Waals surface area contributed by atoms with Gasteiger partial charge in [0.25, 0.3) is 0 Å². The Bertz CT molecular complexity index is 535. The number of thiophene rings is 1. The Morgan fingerprint density at radius 2 is 1.90 bits per heavy atom. The van der Waals surface area contributed by atoms with Gasteiger partial charge < -0.3 is 9.80 Å². The number of amides is 2. The van der Waals surface area contributed by atoms with E-state index < -0.39 is 0 Å². The number of nitrogens with zero attached hydrogens (tertiary/aromatic N) is 3. The fourth-order valence-electron chi connectivity index (χ4n) is 2.97. The largest absolute Gasteiger partial charge is 0.340 e. The zero-order valence-electron chi connectivity index (χ0n) is 12.4. The van der Waals surface area contributed by atoms with Crippen LogP contribution in [0.5, 0.6) is 0 Å². The highest BCUT2D eigenvalue weighted by Gasteiger charge is 2.25. The van der Waals surface area contributed by atoms with E-state index in [2.05, 4.69) is 16.3 Å². The van der Waals surface area contributed by atoms with Gasteiger partial charge in [-0.2, -0.15) is 0 Å². The van der Waals surface area contributed by atoms with Gasteiger partial charge in [0.2, 0.25) is 11.8 Å². The molecule has 0 atom stereocenters. The van der Waals surface area contributed by atoms with Crippen molar-refractivity contribution in [3.05, 3.63) is 21.9 Å². The Hall–Kier alpha value is -1.40. The first-order valence-electron chi connectivity index (χ1n) is 7.44. The molecule has 0 unspecified atom stereocenters. The number of hydrogen-bond donors (Lipinski definition) is 0. The Labute approximate surface area is 129 Å². The standard InChI is InChI=1S/C15H21N3O2S/c1-12(19)17-7-5-16(6-8-17)11-15(20)18-4-2-14-13(10-18)3-9-21-14/h3,9H,2,4-8,10-11H2,1H3. The molecule has 114 valence electrons. The van der Waals surface area contributed by atoms with Gasteiger partial charge in [0, 0.05) is 51.1 Å². The van der Waals surface area contributed by atoms with Crippen LogP contribution in [0.2, 0.25) is 0 Å². The molecule has 0 saturated carbocycles. The molecule has 5 nitrogen and oxygen atoms in total. The fourth-order valence-corrected chi connectivity index (χ4v) is 3.86. The van der Waals surface area contributed by atoms with E-state index >= 15 is 0 Å². The van der Waals surface area contributed by atoms with Gasteiger partial charge in [-0.1, -0.05) is 0 Å². The van der Waals surface area contributed by atoms with Crippen LogP contribution in [0.3, 0.4) is 0 Å². The lowest BCUT2D eigenvalue weighted by atomic mass is 10.1. The normalized spacial score (nSPS) is 19.5. The third kappa shape index (κ3) is 3.27. The van der Waals surface area contributed by atoms with Crippen molar-refractivity contribution in [2.75, 3.05) is 39.3 Å². The van der Waals surface area contributed by atoms with Crippen molar-refractivity contribution in [3.63, 3.8) is 0 Å². The summed E-state index contributed by atoms with van der Waals surface area (Å²) in [4.78, 5) is 31.1. The SMILES string of the molecule is CC(=O)N1CCN(CC(=O)N2CCc3sccc3C2)CC1. The summed E-state index contributed by atoms with van der Waals surface area (Å²) >= 11 is 1.79. The third-order valence-corrected chi connectivity index (χ3v) is 5.36. The lowest BCUT2D eigenvalue weighted by molar-refractivity contribution is -0.134. The van der Waals surface area contributed by atoms with Gasteiger partial charge in [-0.3, -0.25) is 14.5 Å². The van der Waals surface area contributed by atoms with Crippen LogP contribution in [0.15, 0.2) is 11.4 Å². The van der Waals surface area contributed by atoms with Crippen molar-refractivity contribution >= 4 is 23.2 Å². The minimum Gasteiger partial charge on any atom is -0.340 e. The van der Waals surface area contributed by atoms with E-state index in [0.29, 0.717) is 6.54 Å². The third-order valence-electron chi connectivity index (χ3n) is 4.34. The van der Waals surface area contributed by atoms with Crippen LogP contribution in [0.4, 0.5) is 0 Å². The molecule has 0 spiro atoms. The topological polar surface area (TPSA) is 43.9 Å². The first-order chi connectivity index (χ1) is 10.1. The molecule has 3 heterocycles. The number of rotatable bonds is 2. The van der Waals surface area contributed by atoms with Crippen LogP contribution in [0.25, 0.3) is 0 Å². The zero-order chi connectivity index (χ0) is 14.8. The van der Waals surface area contributed by atoms with Crippen LogP contribution in [-0.2, 0) is 22.6 Å². The van der Waals surface area contributed by atoms with Gasteiger partial charge in [-0.15, -0.1) is 11.3 Å². The predicted octanol–water partition coefficient (Wildman–Crippen LogP) is 0.797. The summed E-state index contributed by atoms with van der Waals surface area (Å²) in [6.07, 6.45) is 0.983. The molecule has 6 heteroatoms. The molecule has 3 rings (SSSR count). The highest BCUT2D eigenvalue weighted by molar-refractivity contribution is 7.10. The Morgan fingerprint density at radius 3 is 2.62 bits per heavy atom. The molecule has 2 amide bonds. The minimum absolute atomic E-state index is 0.127. The molecule has 0 radical (unpaired) electrons. The Kier molecular flexibility index (Phi) is 4.26. The molecule has 1 aromatic rings. The second kappa shape index (κ2) is 6.15. The van der Waals surface area contributed by atoms with Gasteiger partial charge in [0.05, 0.1) is 6.54 Å². The van der Waals surface area contributed by atoms with Crippen molar-refractivity contribution < 1.29 is 9.59 Å². The van der Waals surface area contributed by atoms with E-state index in [-0.39, 0.29) is 11.8 Å². The highest BCUT2D eigenvalue weighted by Crippen LogP contribution is 2.24. The molecular weight excluding hydrogens is 286 g/mol. The van der Waals surface area contributed by atoms with E-state index in [1.54, 1.807) is 18.3 Å². The second-order valence-electron chi connectivity index (χ2n) is 5.72. The minimum atomic E-state index is 0.127. The lowest BCUT2D eigenvalue weighted by Gasteiger charge is -2.35. The summed E-state index contributed by atoms with van der Waals surface area (Å²) in [7, 11) is 0. The molecule has 21 heavy (non-hydrogen) atoms. The molecule has 0 aromatic carbocycles. The molecule has 2 aliphatic rings. The maximum atomic E-state index is 12.4. The molecule has 1 saturated heterocycles. The summed E-state index contributed by atoms with van der Waals surface area (Å²) in [5, 5.41) is 2.11. The number of hydrogen-bond acceptors (Lipinski definition) is 4. The first-order valence-corrected chi connectivity index (χ1v) is 8.32. The van der Waals surface area contributed by atoms with E-state index in [1.165, 1.54) is 10.4 Å². The summed E-state index contributed by atoms with van der Waals surface area (Å²) in [6.45, 7) is 6.73. The van der Waals surface area contributed by atoms with Crippen molar-refractivity contribution in [1.29, 1.82) is 0 Å². The highest BCUT2D eigenvalue weighted by atomic mass is 32.1.